The molecule has 0 aliphatic carbocycles. The minimum Gasteiger partial charge on any atom is -0.495 e. The molecule has 0 aliphatic rings. The molecule has 146 valence electrons. The van der Waals surface area contributed by atoms with Crippen LogP contribution in [-0.2, 0) is 10.0 Å². The summed E-state index contributed by atoms with van der Waals surface area (Å²) in [4.78, 5) is 12.5. The summed E-state index contributed by atoms with van der Waals surface area (Å²) in [5.41, 5.74) is 0.650. The summed E-state index contributed by atoms with van der Waals surface area (Å²) in [5, 5.41) is 2.71. The van der Waals surface area contributed by atoms with E-state index in [2.05, 4.69) is 5.32 Å². The highest BCUT2D eigenvalue weighted by Gasteiger charge is 2.24. The van der Waals surface area contributed by atoms with Gasteiger partial charge >= 0.3 is 0 Å². The number of amides is 1. The van der Waals surface area contributed by atoms with Crippen LogP contribution in [0.4, 0.5) is 5.69 Å². The van der Waals surface area contributed by atoms with Crippen LogP contribution >= 0.6 is 0 Å². The van der Waals surface area contributed by atoms with E-state index in [1.165, 1.54) is 53.6 Å². The van der Waals surface area contributed by atoms with Crippen molar-refractivity contribution in [1.29, 1.82) is 0 Å². The van der Waals surface area contributed by atoms with Gasteiger partial charge in [-0.2, -0.15) is 0 Å². The Morgan fingerprint density at radius 3 is 2.04 bits per heavy atom. The Morgan fingerprint density at radius 1 is 0.889 bits per heavy atom. The minimum absolute atomic E-state index is 0.0880. The van der Waals surface area contributed by atoms with E-state index in [1.54, 1.807) is 18.2 Å². The van der Waals surface area contributed by atoms with Crippen molar-refractivity contribution in [2.24, 2.45) is 0 Å². The van der Waals surface area contributed by atoms with Gasteiger partial charge in [-0.05, 0) is 30.3 Å². The molecule has 2 aromatic rings. The van der Waals surface area contributed by atoms with E-state index in [0.717, 1.165) is 4.31 Å². The number of rotatable bonds is 7. The molecule has 0 saturated heterocycles. The Hall–Kier alpha value is -2.78. The smallest absolute Gasteiger partial charge is 0.255 e. The fourth-order valence-electron chi connectivity index (χ4n) is 2.33. The predicted molar refractivity (Wildman–Crippen MR) is 101 cm³/mol. The number of ether oxygens (including phenoxy) is 3. The number of anilines is 1. The van der Waals surface area contributed by atoms with Crippen molar-refractivity contribution in [3.05, 3.63) is 42.0 Å². The van der Waals surface area contributed by atoms with E-state index in [1.807, 2.05) is 0 Å². The molecule has 0 spiro atoms. The zero-order chi connectivity index (χ0) is 20.2. The number of carbonyl (C=O) groups is 1. The van der Waals surface area contributed by atoms with Crippen LogP contribution in [0.2, 0.25) is 0 Å². The van der Waals surface area contributed by atoms with Gasteiger partial charge in [0.25, 0.3) is 5.91 Å². The van der Waals surface area contributed by atoms with E-state index in [0.29, 0.717) is 17.2 Å². The Morgan fingerprint density at radius 2 is 1.48 bits per heavy atom. The summed E-state index contributed by atoms with van der Waals surface area (Å²) in [7, 11) is 3.41. The highest BCUT2D eigenvalue weighted by atomic mass is 32.2. The average molecular weight is 394 g/mol. The summed E-state index contributed by atoms with van der Waals surface area (Å²) in [6, 6.07) is 9.14. The maximum Gasteiger partial charge on any atom is 0.255 e. The molecule has 8 nitrogen and oxygen atoms in total. The topological polar surface area (TPSA) is 94.2 Å². The number of nitrogens with zero attached hydrogens (tertiary/aromatic N) is 1. The lowest BCUT2D eigenvalue weighted by atomic mass is 10.2. The van der Waals surface area contributed by atoms with Gasteiger partial charge in [-0.1, -0.05) is 0 Å². The van der Waals surface area contributed by atoms with Crippen molar-refractivity contribution in [2.75, 3.05) is 40.7 Å². The molecule has 2 rings (SSSR count). The Balaban J connectivity index is 2.37. The first-order valence-corrected chi connectivity index (χ1v) is 9.32. The standard InChI is InChI=1S/C18H22N2O6S/c1-20(2)27(22,23)17-10-12(6-8-15(17)25-4)18(21)19-13-7-9-14(24-3)16(11-13)26-5/h6-11H,1-5H3,(H,19,21). The lowest BCUT2D eigenvalue weighted by molar-refractivity contribution is 0.102. The molecular formula is C18H22N2O6S. The summed E-state index contributed by atoms with van der Waals surface area (Å²) < 4.78 is 41.5. The number of sulfonamides is 1. The Bertz CT molecular complexity index is 941. The fourth-order valence-corrected chi connectivity index (χ4v) is 3.41. The molecule has 0 atom stereocenters. The number of benzene rings is 2. The van der Waals surface area contributed by atoms with Crippen molar-refractivity contribution < 1.29 is 27.4 Å². The van der Waals surface area contributed by atoms with Crippen LogP contribution in [0.3, 0.4) is 0 Å². The zero-order valence-electron chi connectivity index (χ0n) is 15.8. The van der Waals surface area contributed by atoms with Gasteiger partial charge in [-0.3, -0.25) is 4.79 Å². The second-order valence-electron chi connectivity index (χ2n) is 5.68. The average Bonchev–Trinajstić information content (AvgIpc) is 2.66. The third-order valence-electron chi connectivity index (χ3n) is 3.83. The van der Waals surface area contributed by atoms with Crippen molar-refractivity contribution >= 4 is 21.6 Å². The fraction of sp³-hybridized carbons (Fsp3) is 0.278. The lowest BCUT2D eigenvalue weighted by Crippen LogP contribution is -2.23. The molecule has 1 amide bonds. The molecule has 9 heteroatoms. The van der Waals surface area contributed by atoms with Crippen LogP contribution in [-0.4, -0.2) is 54.1 Å². The van der Waals surface area contributed by atoms with Crippen LogP contribution in [0.1, 0.15) is 10.4 Å². The molecule has 0 radical (unpaired) electrons. The molecule has 0 heterocycles. The Labute approximate surface area is 158 Å². The maximum atomic E-state index is 12.6. The van der Waals surface area contributed by atoms with E-state index in [9.17, 15) is 13.2 Å². The molecule has 1 N–H and O–H groups in total. The highest BCUT2D eigenvalue weighted by molar-refractivity contribution is 7.89. The predicted octanol–water partition coefficient (Wildman–Crippen LogP) is 2.21. The molecule has 2 aromatic carbocycles. The van der Waals surface area contributed by atoms with E-state index >= 15 is 0 Å². The van der Waals surface area contributed by atoms with Gasteiger partial charge in [0.05, 0.1) is 21.3 Å². The van der Waals surface area contributed by atoms with Gasteiger partial charge in [-0.25, -0.2) is 12.7 Å². The summed E-state index contributed by atoms with van der Waals surface area (Å²) in [5.74, 6) is 0.673. The third kappa shape index (κ3) is 4.32. The molecule has 0 unspecified atom stereocenters. The number of hydrogen-bond donors (Lipinski definition) is 1. The van der Waals surface area contributed by atoms with Crippen molar-refractivity contribution in [2.45, 2.75) is 4.90 Å². The number of nitrogens with one attached hydrogen (secondary N) is 1. The molecule has 0 fully saturated rings. The number of hydrogen-bond acceptors (Lipinski definition) is 6. The SMILES string of the molecule is COc1ccc(NC(=O)c2ccc(OC)c(S(=O)(=O)N(C)C)c2)cc1OC. The zero-order valence-corrected chi connectivity index (χ0v) is 16.6. The van der Waals surface area contributed by atoms with Gasteiger partial charge < -0.3 is 19.5 Å². The maximum absolute atomic E-state index is 12.6. The van der Waals surface area contributed by atoms with Gasteiger partial charge in [0.2, 0.25) is 10.0 Å². The number of methoxy groups -OCH3 is 3. The number of carbonyl (C=O) groups excluding carboxylic acids is 1. The van der Waals surface area contributed by atoms with Crippen LogP contribution in [0.25, 0.3) is 0 Å². The largest absolute Gasteiger partial charge is 0.495 e. The molecule has 0 aliphatic heterocycles. The van der Waals surface area contributed by atoms with Gasteiger partial charge in [0.1, 0.15) is 10.6 Å². The third-order valence-corrected chi connectivity index (χ3v) is 5.66. The first-order chi connectivity index (χ1) is 12.7. The van der Waals surface area contributed by atoms with Crippen molar-refractivity contribution in [3.63, 3.8) is 0 Å². The van der Waals surface area contributed by atoms with Crippen LogP contribution in [0.5, 0.6) is 17.2 Å². The Kier molecular flexibility index (Phi) is 6.29. The normalized spacial score (nSPS) is 11.2. The highest BCUT2D eigenvalue weighted by Crippen LogP contribution is 2.31. The minimum atomic E-state index is -3.78. The quantitative estimate of drug-likeness (QED) is 0.774. The lowest BCUT2D eigenvalue weighted by Gasteiger charge is -2.16. The molecule has 0 aromatic heterocycles. The van der Waals surface area contributed by atoms with Crippen LogP contribution in [0.15, 0.2) is 41.3 Å². The monoisotopic (exact) mass is 394 g/mol. The van der Waals surface area contributed by atoms with Crippen molar-refractivity contribution in [1.82, 2.24) is 4.31 Å². The first-order valence-electron chi connectivity index (χ1n) is 7.88. The van der Waals surface area contributed by atoms with Crippen LogP contribution in [0, 0.1) is 0 Å². The van der Waals surface area contributed by atoms with E-state index < -0.39 is 15.9 Å². The summed E-state index contributed by atoms with van der Waals surface area (Å²) in [6.45, 7) is 0. The van der Waals surface area contributed by atoms with Crippen molar-refractivity contribution in [3.8, 4) is 17.2 Å². The van der Waals surface area contributed by atoms with Gasteiger partial charge in [0, 0.05) is 31.4 Å². The van der Waals surface area contributed by atoms with E-state index in [4.69, 9.17) is 14.2 Å². The molecule has 0 bridgehead atoms. The van der Waals surface area contributed by atoms with Gasteiger partial charge in [0.15, 0.2) is 11.5 Å². The van der Waals surface area contributed by atoms with Crippen LogP contribution < -0.4 is 19.5 Å². The second-order valence-corrected chi connectivity index (χ2v) is 7.80. The second kappa shape index (κ2) is 8.28. The summed E-state index contributed by atoms with van der Waals surface area (Å²) >= 11 is 0. The first kappa shape index (κ1) is 20.5. The molecular weight excluding hydrogens is 372 g/mol. The summed E-state index contributed by atoms with van der Waals surface area (Å²) in [6.07, 6.45) is 0. The molecule has 0 saturated carbocycles. The molecule has 27 heavy (non-hydrogen) atoms. The van der Waals surface area contributed by atoms with E-state index in [-0.39, 0.29) is 16.2 Å². The van der Waals surface area contributed by atoms with Gasteiger partial charge in [-0.15, -0.1) is 0 Å².